The van der Waals surface area contributed by atoms with Gasteiger partial charge in [0, 0.05) is 16.9 Å². The van der Waals surface area contributed by atoms with E-state index in [4.69, 9.17) is 9.47 Å². The third kappa shape index (κ3) is 6.43. The Labute approximate surface area is 225 Å². The summed E-state index contributed by atoms with van der Waals surface area (Å²) in [6.07, 6.45) is 5.64. The van der Waals surface area contributed by atoms with Gasteiger partial charge in [0.25, 0.3) is 0 Å². The van der Waals surface area contributed by atoms with Gasteiger partial charge in [-0.25, -0.2) is 4.79 Å². The van der Waals surface area contributed by atoms with E-state index in [1.807, 2.05) is 75.1 Å². The maximum atomic E-state index is 13.5. The Morgan fingerprint density at radius 3 is 2.47 bits per heavy atom. The van der Waals surface area contributed by atoms with Crippen LogP contribution in [0, 0.1) is 12.8 Å². The minimum absolute atomic E-state index is 0.0272. The molecule has 0 radical (unpaired) electrons. The first-order valence-electron chi connectivity index (χ1n) is 13.3. The first-order chi connectivity index (χ1) is 18.4. The molecule has 0 aliphatic heterocycles. The molecule has 6 nitrogen and oxygen atoms in total. The summed E-state index contributed by atoms with van der Waals surface area (Å²) in [5.74, 6) is 0.452. The summed E-state index contributed by atoms with van der Waals surface area (Å²) in [5.41, 5.74) is 4.09. The van der Waals surface area contributed by atoms with E-state index in [0.29, 0.717) is 18.5 Å². The summed E-state index contributed by atoms with van der Waals surface area (Å²) < 4.78 is 10.7. The van der Waals surface area contributed by atoms with Gasteiger partial charge in [-0.1, -0.05) is 63.3 Å². The van der Waals surface area contributed by atoms with Gasteiger partial charge in [0.05, 0.1) is 38.1 Å². The van der Waals surface area contributed by atoms with E-state index in [0.717, 1.165) is 51.7 Å². The number of aliphatic hydroxyl groups is 1. The van der Waals surface area contributed by atoms with Crippen LogP contribution in [-0.4, -0.2) is 37.3 Å². The number of rotatable bonds is 9. The lowest BCUT2D eigenvalue weighted by molar-refractivity contribution is -0.119. The van der Waals surface area contributed by atoms with Crippen LogP contribution in [0.3, 0.4) is 0 Å². The Balaban J connectivity index is 0.00000195. The second-order valence-corrected chi connectivity index (χ2v) is 9.21. The summed E-state index contributed by atoms with van der Waals surface area (Å²) in [6.45, 7) is 8.28. The normalized spacial score (nSPS) is 13.6. The number of esters is 1. The highest BCUT2D eigenvalue weighted by Gasteiger charge is 2.35. The van der Waals surface area contributed by atoms with Crippen molar-refractivity contribution in [2.45, 2.75) is 59.6 Å². The van der Waals surface area contributed by atoms with Crippen molar-refractivity contribution in [1.29, 1.82) is 0 Å². The number of benzene rings is 3. The lowest BCUT2D eigenvalue weighted by atomic mass is 10.0. The van der Waals surface area contributed by atoms with Gasteiger partial charge < -0.3 is 19.5 Å². The van der Waals surface area contributed by atoms with Crippen LogP contribution in [0.4, 0.5) is 5.69 Å². The van der Waals surface area contributed by atoms with Gasteiger partial charge in [-0.05, 0) is 60.9 Å². The summed E-state index contributed by atoms with van der Waals surface area (Å²) in [5, 5.41) is 11.7. The van der Waals surface area contributed by atoms with Crippen molar-refractivity contribution in [3.8, 4) is 5.75 Å². The SMILES string of the molecule is CC.CCC(O)/C=C\c1ccc(CN(C(=O)C2CC2)c2cccc3cc(C(=O)OC)ccc23)c(OC)c1C. The van der Waals surface area contributed by atoms with Crippen molar-refractivity contribution in [3.05, 3.63) is 76.9 Å². The quantitative estimate of drug-likeness (QED) is 0.320. The van der Waals surface area contributed by atoms with Gasteiger partial charge in [-0.3, -0.25) is 4.79 Å². The van der Waals surface area contributed by atoms with Crippen LogP contribution in [0.25, 0.3) is 16.8 Å². The molecule has 0 spiro atoms. The van der Waals surface area contributed by atoms with E-state index in [-0.39, 0.29) is 11.8 Å². The largest absolute Gasteiger partial charge is 0.496 e. The third-order valence-electron chi connectivity index (χ3n) is 6.74. The van der Waals surface area contributed by atoms with Crippen LogP contribution in [-0.2, 0) is 16.1 Å². The maximum absolute atomic E-state index is 13.5. The number of carbonyl (C=O) groups is 2. The summed E-state index contributed by atoms with van der Waals surface area (Å²) >= 11 is 0. The maximum Gasteiger partial charge on any atom is 0.337 e. The molecule has 1 fully saturated rings. The van der Waals surface area contributed by atoms with Crippen molar-refractivity contribution in [1.82, 2.24) is 0 Å². The van der Waals surface area contributed by atoms with Gasteiger partial charge >= 0.3 is 5.97 Å². The number of ether oxygens (including phenoxy) is 2. The molecule has 1 atom stereocenters. The molecule has 1 saturated carbocycles. The molecule has 3 aromatic rings. The molecule has 0 aromatic heterocycles. The van der Waals surface area contributed by atoms with Crippen molar-refractivity contribution in [3.63, 3.8) is 0 Å². The van der Waals surface area contributed by atoms with E-state index >= 15 is 0 Å². The Kier molecular flexibility index (Phi) is 10.1. The Bertz CT molecular complexity index is 1310. The van der Waals surface area contributed by atoms with Crippen molar-refractivity contribution in [2.24, 2.45) is 5.92 Å². The predicted octanol–water partition coefficient (Wildman–Crippen LogP) is 6.70. The Hall–Kier alpha value is -3.64. The first-order valence-corrected chi connectivity index (χ1v) is 13.3. The lowest BCUT2D eigenvalue weighted by Gasteiger charge is -2.26. The average molecular weight is 518 g/mol. The minimum Gasteiger partial charge on any atom is -0.496 e. The molecule has 1 N–H and O–H groups in total. The van der Waals surface area contributed by atoms with Gasteiger partial charge in [0.1, 0.15) is 5.75 Å². The smallest absolute Gasteiger partial charge is 0.337 e. The van der Waals surface area contributed by atoms with Gasteiger partial charge in [-0.15, -0.1) is 0 Å². The molecule has 1 unspecified atom stereocenters. The van der Waals surface area contributed by atoms with Crippen molar-refractivity contribution in [2.75, 3.05) is 19.1 Å². The number of amides is 1. The van der Waals surface area contributed by atoms with E-state index < -0.39 is 12.1 Å². The molecule has 0 bridgehead atoms. The molecule has 1 aliphatic carbocycles. The Morgan fingerprint density at radius 2 is 1.84 bits per heavy atom. The fraction of sp³-hybridized carbons (Fsp3) is 0.375. The van der Waals surface area contributed by atoms with Crippen LogP contribution in [0.15, 0.2) is 54.6 Å². The van der Waals surface area contributed by atoms with Crippen LogP contribution < -0.4 is 9.64 Å². The van der Waals surface area contributed by atoms with E-state index in [1.54, 1.807) is 25.3 Å². The van der Waals surface area contributed by atoms with Crippen LogP contribution in [0.2, 0.25) is 0 Å². The third-order valence-corrected chi connectivity index (χ3v) is 6.74. The highest BCUT2D eigenvalue weighted by atomic mass is 16.5. The number of aliphatic hydroxyl groups excluding tert-OH is 1. The van der Waals surface area contributed by atoms with Gasteiger partial charge in [0.2, 0.25) is 5.91 Å². The van der Waals surface area contributed by atoms with Crippen molar-refractivity contribution < 1.29 is 24.2 Å². The number of fused-ring (bicyclic) bond motifs is 1. The summed E-state index contributed by atoms with van der Waals surface area (Å²) in [7, 11) is 3.00. The fourth-order valence-electron chi connectivity index (χ4n) is 4.45. The zero-order valence-electron chi connectivity index (χ0n) is 23.3. The highest BCUT2D eigenvalue weighted by Crippen LogP contribution is 2.38. The first kappa shape index (κ1) is 28.9. The number of hydrogen-bond acceptors (Lipinski definition) is 5. The van der Waals surface area contributed by atoms with E-state index in [2.05, 4.69) is 0 Å². The second-order valence-electron chi connectivity index (χ2n) is 9.21. The topological polar surface area (TPSA) is 76.1 Å². The Morgan fingerprint density at radius 1 is 1.11 bits per heavy atom. The molecule has 38 heavy (non-hydrogen) atoms. The molecular formula is C32H39NO5. The van der Waals surface area contributed by atoms with Gasteiger partial charge in [0.15, 0.2) is 0 Å². The average Bonchev–Trinajstić information content (AvgIpc) is 3.81. The zero-order valence-corrected chi connectivity index (χ0v) is 23.3. The number of carbonyl (C=O) groups excluding carboxylic acids is 2. The monoisotopic (exact) mass is 517 g/mol. The number of hydrogen-bond donors (Lipinski definition) is 1. The molecule has 202 valence electrons. The second kappa shape index (κ2) is 13.2. The molecule has 0 saturated heterocycles. The van der Waals surface area contributed by atoms with E-state index in [1.165, 1.54) is 7.11 Å². The van der Waals surface area contributed by atoms with Gasteiger partial charge in [-0.2, -0.15) is 0 Å². The molecule has 6 heteroatoms. The molecule has 4 rings (SSSR count). The standard InChI is InChI=1S/C30H33NO5.C2H6/c1-5-25(32)15-13-20-9-12-24(28(35-3)19(20)2)18-31(29(33)21-10-11-21)27-8-6-7-22-17-23(30(34)36-4)14-16-26(22)27;1-2/h6-9,12-17,21,25,32H,5,10-11,18H2,1-4H3;1-2H3/b15-13-;. The minimum atomic E-state index is -0.493. The van der Waals surface area contributed by atoms with E-state index in [9.17, 15) is 14.7 Å². The fourth-order valence-corrected chi connectivity index (χ4v) is 4.45. The van der Waals surface area contributed by atoms with Crippen LogP contribution >= 0.6 is 0 Å². The van der Waals surface area contributed by atoms with Crippen LogP contribution in [0.1, 0.15) is 67.1 Å². The molecule has 3 aromatic carbocycles. The molecule has 0 heterocycles. The molecule has 1 aliphatic rings. The molecule has 1 amide bonds. The zero-order chi connectivity index (χ0) is 27.8. The summed E-state index contributed by atoms with van der Waals surface area (Å²) in [6, 6.07) is 15.2. The number of anilines is 1. The number of nitrogens with zero attached hydrogens (tertiary/aromatic N) is 1. The summed E-state index contributed by atoms with van der Waals surface area (Å²) in [4.78, 5) is 27.4. The van der Waals surface area contributed by atoms with Crippen molar-refractivity contribution >= 4 is 34.4 Å². The lowest BCUT2D eigenvalue weighted by Crippen LogP contribution is -2.32. The molecular weight excluding hydrogens is 478 g/mol. The highest BCUT2D eigenvalue weighted by molar-refractivity contribution is 6.06. The van der Waals surface area contributed by atoms with Crippen LogP contribution in [0.5, 0.6) is 5.75 Å². The number of methoxy groups -OCH3 is 2. The predicted molar refractivity (Wildman–Crippen MR) is 154 cm³/mol.